The van der Waals surface area contributed by atoms with Gasteiger partial charge in [0.1, 0.15) is 11.5 Å². The van der Waals surface area contributed by atoms with Crippen LogP contribution in [-0.4, -0.2) is 69.2 Å². The van der Waals surface area contributed by atoms with Crippen molar-refractivity contribution in [3.63, 3.8) is 0 Å². The van der Waals surface area contributed by atoms with Crippen LogP contribution in [0.3, 0.4) is 0 Å². The largest absolute Gasteiger partial charge is 0.573 e. The third-order valence-corrected chi connectivity index (χ3v) is 7.17. The van der Waals surface area contributed by atoms with Crippen LogP contribution >= 0.6 is 0 Å². The highest BCUT2D eigenvalue weighted by Gasteiger charge is 2.33. The molecule has 0 aliphatic carbocycles. The van der Waals surface area contributed by atoms with E-state index in [1.807, 2.05) is 4.90 Å². The number of nitrogens with one attached hydrogen (secondary N) is 1. The molecule has 1 amide bonds. The zero-order valence-corrected chi connectivity index (χ0v) is 18.8. The molecule has 1 fully saturated rings. The van der Waals surface area contributed by atoms with Crippen LogP contribution in [0.15, 0.2) is 53.4 Å². The van der Waals surface area contributed by atoms with Gasteiger partial charge in [-0.25, -0.2) is 8.42 Å². The number of carbonyl (C=O) groups is 1. The first-order chi connectivity index (χ1) is 15.5. The fourth-order valence-electron chi connectivity index (χ4n) is 3.38. The van der Waals surface area contributed by atoms with E-state index < -0.39 is 28.2 Å². The van der Waals surface area contributed by atoms with Gasteiger partial charge in [-0.05, 0) is 55.5 Å². The van der Waals surface area contributed by atoms with Crippen molar-refractivity contribution in [1.82, 2.24) is 9.21 Å². The first-order valence-corrected chi connectivity index (χ1v) is 11.5. The maximum Gasteiger partial charge on any atom is 0.573 e. The Kier molecular flexibility index (Phi) is 7.50. The molecule has 12 heteroatoms. The second-order valence-electron chi connectivity index (χ2n) is 7.35. The molecule has 1 unspecified atom stereocenters. The number of nitrogens with zero attached hydrogens (tertiary/aromatic N) is 2. The van der Waals surface area contributed by atoms with Crippen LogP contribution < -0.4 is 14.8 Å². The summed E-state index contributed by atoms with van der Waals surface area (Å²) in [6.07, 6.45) is -4.85. The number of piperazine rings is 1. The number of sulfonamides is 1. The zero-order valence-electron chi connectivity index (χ0n) is 18.0. The molecule has 1 aliphatic rings. The average Bonchev–Trinajstić information content (AvgIpc) is 2.78. The molecule has 0 spiro atoms. The van der Waals surface area contributed by atoms with E-state index >= 15 is 0 Å². The molecule has 0 bridgehead atoms. The molecule has 2 aromatic carbocycles. The number of ether oxygens (including phenoxy) is 2. The smallest absolute Gasteiger partial charge is 0.497 e. The Morgan fingerprint density at radius 3 is 2.03 bits per heavy atom. The Morgan fingerprint density at radius 2 is 1.52 bits per heavy atom. The number of alkyl halides is 3. The molecule has 8 nitrogen and oxygen atoms in total. The van der Waals surface area contributed by atoms with Crippen LogP contribution in [0.4, 0.5) is 18.9 Å². The summed E-state index contributed by atoms with van der Waals surface area (Å²) in [4.78, 5) is 14.3. The summed E-state index contributed by atoms with van der Waals surface area (Å²) < 4.78 is 72.7. The maximum atomic E-state index is 12.8. The minimum atomic E-state index is -4.85. The number of hydrogen-bond acceptors (Lipinski definition) is 6. The number of amides is 1. The lowest BCUT2D eigenvalue weighted by Gasteiger charge is -2.36. The number of benzene rings is 2. The Hall–Kier alpha value is -2.83. The monoisotopic (exact) mass is 487 g/mol. The highest BCUT2D eigenvalue weighted by Crippen LogP contribution is 2.26. The molecule has 2 aromatic rings. The molecule has 0 radical (unpaired) electrons. The van der Waals surface area contributed by atoms with E-state index in [4.69, 9.17) is 4.74 Å². The van der Waals surface area contributed by atoms with Gasteiger partial charge in [0.05, 0.1) is 18.0 Å². The van der Waals surface area contributed by atoms with Crippen molar-refractivity contribution in [3.8, 4) is 11.5 Å². The quantitative estimate of drug-likeness (QED) is 0.646. The lowest BCUT2D eigenvalue weighted by molar-refractivity contribution is -0.274. The van der Waals surface area contributed by atoms with E-state index in [9.17, 15) is 26.4 Å². The number of methoxy groups -OCH3 is 1. The minimum Gasteiger partial charge on any atom is -0.497 e. The molecule has 1 atom stereocenters. The van der Waals surface area contributed by atoms with E-state index in [2.05, 4.69) is 10.1 Å². The van der Waals surface area contributed by atoms with Gasteiger partial charge in [0, 0.05) is 31.9 Å². The van der Waals surface area contributed by atoms with Crippen molar-refractivity contribution in [3.05, 3.63) is 48.5 Å². The predicted octanol–water partition coefficient (Wildman–Crippen LogP) is 2.93. The molecule has 1 saturated heterocycles. The Labute approximate surface area is 189 Å². The normalized spacial score (nSPS) is 16.8. The van der Waals surface area contributed by atoms with Crippen molar-refractivity contribution >= 4 is 21.6 Å². The summed E-state index contributed by atoms with van der Waals surface area (Å²) in [5.41, 5.74) is 0.617. The molecule has 1 aliphatic heterocycles. The van der Waals surface area contributed by atoms with Gasteiger partial charge < -0.3 is 14.8 Å². The van der Waals surface area contributed by atoms with Gasteiger partial charge in [-0.3, -0.25) is 9.69 Å². The van der Waals surface area contributed by atoms with Crippen LogP contribution in [0.1, 0.15) is 6.92 Å². The molecule has 180 valence electrons. The van der Waals surface area contributed by atoms with Gasteiger partial charge in [0.25, 0.3) is 0 Å². The van der Waals surface area contributed by atoms with Crippen molar-refractivity contribution in [2.45, 2.75) is 24.2 Å². The summed E-state index contributed by atoms with van der Waals surface area (Å²) in [5, 5.41) is 2.82. The van der Waals surface area contributed by atoms with Crippen LogP contribution in [0.5, 0.6) is 11.5 Å². The molecule has 1 heterocycles. The van der Waals surface area contributed by atoms with Crippen LogP contribution in [-0.2, 0) is 14.8 Å². The first-order valence-electron chi connectivity index (χ1n) is 10.0. The number of halogens is 3. The third kappa shape index (κ3) is 6.36. The molecule has 0 aromatic heterocycles. The molecular weight excluding hydrogens is 463 g/mol. The van der Waals surface area contributed by atoms with Crippen molar-refractivity contribution in [2.75, 3.05) is 38.6 Å². The second-order valence-corrected chi connectivity index (χ2v) is 9.29. The van der Waals surface area contributed by atoms with Gasteiger partial charge in [-0.1, -0.05) is 0 Å². The topological polar surface area (TPSA) is 88.2 Å². The van der Waals surface area contributed by atoms with Gasteiger partial charge in [0.15, 0.2) is 0 Å². The second kappa shape index (κ2) is 9.98. The van der Waals surface area contributed by atoms with Crippen LogP contribution in [0, 0.1) is 0 Å². The number of carbonyl (C=O) groups excluding carboxylic acids is 1. The number of anilines is 1. The first kappa shape index (κ1) is 24.8. The van der Waals surface area contributed by atoms with Gasteiger partial charge in [-0.2, -0.15) is 4.31 Å². The average molecular weight is 488 g/mol. The van der Waals surface area contributed by atoms with Crippen molar-refractivity contribution < 1.29 is 35.9 Å². The molecule has 3 rings (SSSR count). The SMILES string of the molecule is COc1ccc(NC(=O)C(C)N2CCN(S(=O)(=O)c3ccc(OC(F)(F)F)cc3)CC2)cc1. The third-order valence-electron chi connectivity index (χ3n) is 5.25. The van der Waals surface area contributed by atoms with Gasteiger partial charge in [-0.15, -0.1) is 13.2 Å². The van der Waals surface area contributed by atoms with E-state index in [0.717, 1.165) is 24.3 Å². The fourth-order valence-corrected chi connectivity index (χ4v) is 4.80. The summed E-state index contributed by atoms with van der Waals surface area (Å²) in [5.74, 6) is -0.0550. The van der Waals surface area contributed by atoms with E-state index in [1.165, 1.54) is 4.31 Å². The fraction of sp³-hybridized carbons (Fsp3) is 0.381. The van der Waals surface area contributed by atoms with Crippen LogP contribution in [0.2, 0.25) is 0 Å². The standard InChI is InChI=1S/C21H24F3N3O5S/c1-15(20(28)25-16-3-5-17(31-2)6-4-16)26-11-13-27(14-12-26)33(29,30)19-9-7-18(8-10-19)32-21(22,23)24/h3-10,15H,11-14H2,1-2H3,(H,25,28). The predicted molar refractivity (Wildman–Crippen MR) is 115 cm³/mol. The van der Waals surface area contributed by atoms with Crippen molar-refractivity contribution in [2.24, 2.45) is 0 Å². The van der Waals surface area contributed by atoms with E-state index in [-0.39, 0.29) is 23.9 Å². The summed E-state index contributed by atoms with van der Waals surface area (Å²) >= 11 is 0. The van der Waals surface area contributed by atoms with Gasteiger partial charge in [0.2, 0.25) is 15.9 Å². The minimum absolute atomic E-state index is 0.129. The zero-order chi connectivity index (χ0) is 24.2. The van der Waals surface area contributed by atoms with Crippen LogP contribution in [0.25, 0.3) is 0 Å². The highest BCUT2D eigenvalue weighted by molar-refractivity contribution is 7.89. The summed E-state index contributed by atoms with van der Waals surface area (Å²) in [6, 6.07) is 10.5. The summed E-state index contributed by atoms with van der Waals surface area (Å²) in [7, 11) is -2.34. The Morgan fingerprint density at radius 1 is 0.970 bits per heavy atom. The summed E-state index contributed by atoms with van der Waals surface area (Å²) in [6.45, 7) is 2.67. The van der Waals surface area contributed by atoms with E-state index in [0.29, 0.717) is 24.5 Å². The Balaban J connectivity index is 1.57. The lowest BCUT2D eigenvalue weighted by Crippen LogP contribution is -2.53. The molecule has 1 N–H and O–H groups in total. The van der Waals surface area contributed by atoms with Gasteiger partial charge >= 0.3 is 6.36 Å². The molecule has 33 heavy (non-hydrogen) atoms. The van der Waals surface area contributed by atoms with E-state index in [1.54, 1.807) is 38.3 Å². The number of hydrogen-bond donors (Lipinski definition) is 1. The van der Waals surface area contributed by atoms with Crippen molar-refractivity contribution in [1.29, 1.82) is 0 Å². The lowest BCUT2D eigenvalue weighted by atomic mass is 10.2. The maximum absolute atomic E-state index is 12.8. The number of rotatable bonds is 7. The molecular formula is C21H24F3N3O5S. The molecule has 0 saturated carbocycles. The highest BCUT2D eigenvalue weighted by atomic mass is 32.2. The Bertz CT molecular complexity index is 1050.